The summed E-state index contributed by atoms with van der Waals surface area (Å²) < 4.78 is 1.14. The van der Waals surface area contributed by atoms with Crippen LogP contribution in [0.1, 0.15) is 12.5 Å². The van der Waals surface area contributed by atoms with E-state index in [1.165, 1.54) is 5.56 Å². The molecular formula is C12H19BrN2. The van der Waals surface area contributed by atoms with Crippen molar-refractivity contribution in [1.82, 2.24) is 10.2 Å². The van der Waals surface area contributed by atoms with E-state index in [0.29, 0.717) is 6.04 Å². The average Bonchev–Trinajstić information content (AvgIpc) is 2.21. The Morgan fingerprint density at radius 3 is 2.47 bits per heavy atom. The van der Waals surface area contributed by atoms with Gasteiger partial charge in [-0.2, -0.15) is 0 Å². The molecule has 0 radical (unpaired) electrons. The number of hydrogen-bond acceptors (Lipinski definition) is 2. The lowest BCUT2D eigenvalue weighted by Crippen LogP contribution is -2.34. The summed E-state index contributed by atoms with van der Waals surface area (Å²) >= 11 is 3.44. The van der Waals surface area contributed by atoms with Crippen molar-refractivity contribution in [2.45, 2.75) is 19.5 Å². The minimum Gasteiger partial charge on any atom is -0.316 e. The van der Waals surface area contributed by atoms with Gasteiger partial charge in [0.2, 0.25) is 0 Å². The minimum atomic E-state index is 0.533. The number of nitrogens with zero attached hydrogens (tertiary/aromatic N) is 1. The van der Waals surface area contributed by atoms with Crippen molar-refractivity contribution in [2.24, 2.45) is 0 Å². The molecule has 0 heterocycles. The summed E-state index contributed by atoms with van der Waals surface area (Å²) in [5, 5.41) is 3.24. The summed E-state index contributed by atoms with van der Waals surface area (Å²) in [5.74, 6) is 0. The Kier molecular flexibility index (Phi) is 5.29. The molecule has 3 heteroatoms. The van der Waals surface area contributed by atoms with Crippen molar-refractivity contribution in [1.29, 1.82) is 0 Å². The van der Waals surface area contributed by atoms with Gasteiger partial charge in [0, 0.05) is 23.6 Å². The average molecular weight is 271 g/mol. The fourth-order valence-corrected chi connectivity index (χ4v) is 1.79. The number of likely N-dealkylation sites (N-methyl/N-ethyl adjacent to an activating group) is 2. The first-order valence-corrected chi connectivity index (χ1v) is 6.01. The van der Waals surface area contributed by atoms with E-state index in [2.05, 4.69) is 64.4 Å². The highest BCUT2D eigenvalue weighted by Crippen LogP contribution is 2.11. The zero-order valence-corrected chi connectivity index (χ0v) is 11.2. The van der Waals surface area contributed by atoms with E-state index in [9.17, 15) is 0 Å². The van der Waals surface area contributed by atoms with Gasteiger partial charge >= 0.3 is 0 Å². The molecule has 0 aliphatic rings. The standard InChI is InChI=1S/C12H19BrN2/c1-10(14-2)8-15(3)9-11-4-6-12(13)7-5-11/h4-7,10,14H,8-9H2,1-3H3. The molecule has 0 spiro atoms. The maximum absolute atomic E-state index is 3.44. The van der Waals surface area contributed by atoms with Gasteiger partial charge in [0.05, 0.1) is 0 Å². The molecule has 0 fully saturated rings. The SMILES string of the molecule is CNC(C)CN(C)Cc1ccc(Br)cc1. The molecule has 2 nitrogen and oxygen atoms in total. The lowest BCUT2D eigenvalue weighted by Gasteiger charge is -2.20. The van der Waals surface area contributed by atoms with Gasteiger partial charge < -0.3 is 10.2 Å². The normalized spacial score (nSPS) is 13.1. The van der Waals surface area contributed by atoms with Crippen LogP contribution >= 0.6 is 15.9 Å². The first-order chi connectivity index (χ1) is 7.11. The Bertz CT molecular complexity index is 284. The van der Waals surface area contributed by atoms with Crippen LogP contribution in [0.2, 0.25) is 0 Å². The predicted octanol–water partition coefficient (Wildman–Crippen LogP) is 2.49. The molecule has 1 atom stereocenters. The van der Waals surface area contributed by atoms with E-state index in [1.807, 2.05) is 7.05 Å². The molecule has 1 rings (SSSR count). The monoisotopic (exact) mass is 270 g/mol. The maximum Gasteiger partial charge on any atom is 0.0231 e. The Morgan fingerprint density at radius 1 is 1.33 bits per heavy atom. The molecule has 15 heavy (non-hydrogen) atoms. The minimum absolute atomic E-state index is 0.533. The zero-order valence-electron chi connectivity index (χ0n) is 9.63. The molecule has 84 valence electrons. The molecule has 0 amide bonds. The lowest BCUT2D eigenvalue weighted by molar-refractivity contribution is 0.295. The summed E-state index contributed by atoms with van der Waals surface area (Å²) in [6, 6.07) is 9.02. The van der Waals surface area contributed by atoms with E-state index < -0.39 is 0 Å². The third kappa shape index (κ3) is 4.78. The molecular weight excluding hydrogens is 252 g/mol. The van der Waals surface area contributed by atoms with Gasteiger partial charge in [-0.1, -0.05) is 28.1 Å². The van der Waals surface area contributed by atoms with E-state index in [0.717, 1.165) is 17.6 Å². The first-order valence-electron chi connectivity index (χ1n) is 5.22. The summed E-state index contributed by atoms with van der Waals surface area (Å²) in [6.07, 6.45) is 0. The molecule has 0 saturated carbocycles. The van der Waals surface area contributed by atoms with Crippen LogP contribution in [-0.2, 0) is 6.54 Å². The van der Waals surface area contributed by atoms with Gasteiger partial charge in [-0.3, -0.25) is 0 Å². The molecule has 1 N–H and O–H groups in total. The van der Waals surface area contributed by atoms with Crippen LogP contribution in [0, 0.1) is 0 Å². The smallest absolute Gasteiger partial charge is 0.0231 e. The quantitative estimate of drug-likeness (QED) is 0.885. The van der Waals surface area contributed by atoms with E-state index in [4.69, 9.17) is 0 Å². The summed E-state index contributed by atoms with van der Waals surface area (Å²) in [7, 11) is 4.15. The molecule has 0 bridgehead atoms. The van der Waals surface area contributed by atoms with Crippen LogP contribution in [0.4, 0.5) is 0 Å². The fraction of sp³-hybridized carbons (Fsp3) is 0.500. The summed E-state index contributed by atoms with van der Waals surface area (Å²) in [5.41, 5.74) is 1.35. The maximum atomic E-state index is 3.44. The van der Waals surface area contributed by atoms with Gasteiger partial charge in [0.1, 0.15) is 0 Å². The van der Waals surface area contributed by atoms with Crippen LogP contribution in [-0.4, -0.2) is 31.6 Å². The molecule has 1 aromatic carbocycles. The third-order valence-electron chi connectivity index (χ3n) is 2.44. The predicted molar refractivity (Wildman–Crippen MR) is 69.0 cm³/mol. The Morgan fingerprint density at radius 2 is 1.93 bits per heavy atom. The number of nitrogens with one attached hydrogen (secondary N) is 1. The number of halogens is 1. The van der Waals surface area contributed by atoms with Crippen molar-refractivity contribution < 1.29 is 0 Å². The van der Waals surface area contributed by atoms with Crippen LogP contribution in [0.15, 0.2) is 28.7 Å². The zero-order chi connectivity index (χ0) is 11.3. The topological polar surface area (TPSA) is 15.3 Å². The second-order valence-corrected chi connectivity index (χ2v) is 4.93. The molecule has 0 aromatic heterocycles. The van der Waals surface area contributed by atoms with Crippen molar-refractivity contribution >= 4 is 15.9 Å². The van der Waals surface area contributed by atoms with Crippen molar-refractivity contribution in [3.8, 4) is 0 Å². The van der Waals surface area contributed by atoms with Crippen LogP contribution < -0.4 is 5.32 Å². The Balaban J connectivity index is 2.44. The second kappa shape index (κ2) is 6.26. The second-order valence-electron chi connectivity index (χ2n) is 4.01. The largest absolute Gasteiger partial charge is 0.316 e. The van der Waals surface area contributed by atoms with Crippen LogP contribution in [0.3, 0.4) is 0 Å². The highest BCUT2D eigenvalue weighted by atomic mass is 79.9. The Hall–Kier alpha value is -0.380. The van der Waals surface area contributed by atoms with E-state index >= 15 is 0 Å². The number of hydrogen-bond donors (Lipinski definition) is 1. The fourth-order valence-electron chi connectivity index (χ4n) is 1.52. The van der Waals surface area contributed by atoms with Crippen molar-refractivity contribution in [3.63, 3.8) is 0 Å². The molecule has 1 aromatic rings. The van der Waals surface area contributed by atoms with Gasteiger partial charge in [0.15, 0.2) is 0 Å². The van der Waals surface area contributed by atoms with Crippen LogP contribution in [0.5, 0.6) is 0 Å². The highest BCUT2D eigenvalue weighted by molar-refractivity contribution is 9.10. The molecule has 1 unspecified atom stereocenters. The van der Waals surface area contributed by atoms with Gasteiger partial charge in [-0.25, -0.2) is 0 Å². The molecule has 0 aliphatic heterocycles. The molecule has 0 saturated heterocycles. The van der Waals surface area contributed by atoms with E-state index in [1.54, 1.807) is 0 Å². The third-order valence-corrected chi connectivity index (χ3v) is 2.97. The highest BCUT2D eigenvalue weighted by Gasteiger charge is 2.04. The summed E-state index contributed by atoms with van der Waals surface area (Å²) in [6.45, 7) is 4.25. The summed E-state index contributed by atoms with van der Waals surface area (Å²) in [4.78, 5) is 2.32. The van der Waals surface area contributed by atoms with Crippen LogP contribution in [0.25, 0.3) is 0 Å². The molecule has 0 aliphatic carbocycles. The van der Waals surface area contributed by atoms with E-state index in [-0.39, 0.29) is 0 Å². The number of benzene rings is 1. The van der Waals surface area contributed by atoms with Crippen molar-refractivity contribution in [2.75, 3.05) is 20.6 Å². The van der Waals surface area contributed by atoms with Gasteiger partial charge in [0.25, 0.3) is 0 Å². The number of rotatable bonds is 5. The van der Waals surface area contributed by atoms with Gasteiger partial charge in [-0.05, 0) is 38.7 Å². The van der Waals surface area contributed by atoms with Crippen molar-refractivity contribution in [3.05, 3.63) is 34.3 Å². The lowest BCUT2D eigenvalue weighted by atomic mass is 10.2. The first kappa shape index (κ1) is 12.7. The Labute approximate surface area is 101 Å². The van der Waals surface area contributed by atoms with Gasteiger partial charge in [-0.15, -0.1) is 0 Å².